The molecule has 0 radical (unpaired) electrons. The Labute approximate surface area is 174 Å². The van der Waals surface area contributed by atoms with Gasteiger partial charge in [0.05, 0.1) is 9.79 Å². The van der Waals surface area contributed by atoms with E-state index < -0.39 is 53.6 Å². The van der Waals surface area contributed by atoms with E-state index in [9.17, 15) is 36.0 Å². The third kappa shape index (κ3) is 3.73. The molecular formula is C17H12N2O10S2. The first-order valence-electron chi connectivity index (χ1n) is 8.15. The summed E-state index contributed by atoms with van der Waals surface area (Å²) in [4.78, 5) is 46.2. The lowest BCUT2D eigenvalue weighted by molar-refractivity contribution is 0.0978. The second-order valence-corrected chi connectivity index (χ2v) is 9.63. The normalized spacial score (nSPS) is 13.2. The minimum atomic E-state index is -4.57. The second-order valence-electron chi connectivity index (χ2n) is 6.30. The van der Waals surface area contributed by atoms with Gasteiger partial charge in [-0.3, -0.25) is 9.59 Å². The zero-order valence-corrected chi connectivity index (χ0v) is 17.0. The van der Waals surface area contributed by atoms with Gasteiger partial charge in [0, 0.05) is 22.3 Å². The molecule has 0 saturated carbocycles. The molecular weight excluding hydrogens is 456 g/mol. The second kappa shape index (κ2) is 7.17. The van der Waals surface area contributed by atoms with Crippen LogP contribution in [0.3, 0.4) is 0 Å². The fourth-order valence-corrected chi connectivity index (χ4v) is 5.13. The summed E-state index contributed by atoms with van der Waals surface area (Å²) in [6.45, 7) is 1.19. The van der Waals surface area contributed by atoms with E-state index in [0.717, 1.165) is 30.3 Å². The van der Waals surface area contributed by atoms with Crippen LogP contribution >= 0.6 is 0 Å². The lowest BCUT2D eigenvalue weighted by Gasteiger charge is -2.21. The van der Waals surface area contributed by atoms with Crippen LogP contribution in [0.15, 0.2) is 40.1 Å². The predicted molar refractivity (Wildman–Crippen MR) is 101 cm³/mol. The number of carbonyl (C=O) groups is 4. The molecule has 3 rings (SSSR count). The predicted octanol–water partition coefficient (Wildman–Crippen LogP) is 0.683. The molecule has 0 heterocycles. The van der Waals surface area contributed by atoms with Crippen LogP contribution in [0.5, 0.6) is 0 Å². The van der Waals surface area contributed by atoms with Crippen molar-refractivity contribution in [3.63, 3.8) is 0 Å². The topological polar surface area (TPSA) is 201 Å². The van der Waals surface area contributed by atoms with E-state index in [1.807, 2.05) is 0 Å². The fraction of sp³-hybridized carbons (Fsp3) is 0.0588. The molecule has 0 saturated heterocycles. The van der Waals surface area contributed by atoms with Gasteiger partial charge in [-0.2, -0.15) is 0 Å². The fourth-order valence-electron chi connectivity index (χ4n) is 3.17. The van der Waals surface area contributed by atoms with Crippen molar-refractivity contribution in [2.24, 2.45) is 0 Å². The Bertz CT molecular complexity index is 1410. The van der Waals surface area contributed by atoms with Gasteiger partial charge in [0.25, 0.3) is 20.0 Å². The molecule has 0 fully saturated rings. The van der Waals surface area contributed by atoms with Gasteiger partial charge in [-0.15, -0.1) is 0 Å². The standard InChI is InChI=1S/C17H12N2O10S2/c1-7-12(31(28,29)19-17(24)25)5-4-10-13(7)15(21)11-6-8(2-3-9(11)14(10)20)30(26,27)18-16(22)23/h2-6,18-19H,1H3,(H,22,23)(H,24,25). The molecule has 2 amide bonds. The Hall–Kier alpha value is -3.78. The van der Waals surface area contributed by atoms with Crippen LogP contribution in [0, 0.1) is 6.92 Å². The Morgan fingerprint density at radius 3 is 1.90 bits per heavy atom. The molecule has 0 bridgehead atoms. The average Bonchev–Trinajstić information content (AvgIpc) is 2.63. The van der Waals surface area contributed by atoms with Gasteiger partial charge in [0.15, 0.2) is 11.6 Å². The van der Waals surface area contributed by atoms with Gasteiger partial charge in [-0.05, 0) is 42.8 Å². The molecule has 0 aromatic heterocycles. The molecule has 0 unspecified atom stereocenters. The first-order chi connectivity index (χ1) is 14.3. The summed E-state index contributed by atoms with van der Waals surface area (Å²) in [5.74, 6) is -1.58. The van der Waals surface area contributed by atoms with Crippen LogP contribution in [-0.2, 0) is 20.0 Å². The number of rotatable bonds is 4. The van der Waals surface area contributed by atoms with Gasteiger partial charge in [0.2, 0.25) is 0 Å². The molecule has 14 heteroatoms. The monoisotopic (exact) mass is 468 g/mol. The molecule has 31 heavy (non-hydrogen) atoms. The molecule has 2 aromatic rings. The summed E-state index contributed by atoms with van der Waals surface area (Å²) in [5.41, 5.74) is -1.25. The maximum atomic E-state index is 13.1. The van der Waals surface area contributed by atoms with Crippen LogP contribution in [0.25, 0.3) is 0 Å². The van der Waals surface area contributed by atoms with Gasteiger partial charge < -0.3 is 10.2 Å². The number of hydrogen-bond acceptors (Lipinski definition) is 8. The van der Waals surface area contributed by atoms with Crippen LogP contribution < -0.4 is 9.44 Å². The number of amides is 2. The highest BCUT2D eigenvalue weighted by atomic mass is 32.2. The van der Waals surface area contributed by atoms with Gasteiger partial charge in [-0.25, -0.2) is 35.9 Å². The largest absolute Gasteiger partial charge is 0.464 e. The average molecular weight is 468 g/mol. The number of carbonyl (C=O) groups excluding carboxylic acids is 2. The third-order valence-corrected chi connectivity index (χ3v) is 7.19. The Balaban J connectivity index is 2.21. The van der Waals surface area contributed by atoms with Crippen molar-refractivity contribution >= 4 is 43.8 Å². The minimum absolute atomic E-state index is 0.149. The summed E-state index contributed by atoms with van der Waals surface area (Å²) in [6.07, 6.45) is -3.72. The molecule has 0 aliphatic heterocycles. The van der Waals surface area contributed by atoms with E-state index >= 15 is 0 Å². The van der Waals surface area contributed by atoms with Crippen molar-refractivity contribution in [2.45, 2.75) is 16.7 Å². The van der Waals surface area contributed by atoms with Gasteiger partial charge >= 0.3 is 12.2 Å². The van der Waals surface area contributed by atoms with Gasteiger partial charge in [0.1, 0.15) is 0 Å². The molecule has 1 aliphatic rings. The van der Waals surface area contributed by atoms with E-state index in [4.69, 9.17) is 10.2 Å². The molecule has 0 spiro atoms. The highest BCUT2D eigenvalue weighted by Gasteiger charge is 2.35. The molecule has 12 nitrogen and oxygen atoms in total. The summed E-state index contributed by atoms with van der Waals surface area (Å²) in [7, 11) is -9.12. The zero-order chi connectivity index (χ0) is 23.3. The number of ketones is 2. The smallest absolute Gasteiger partial charge is 0.418 e. The summed E-state index contributed by atoms with van der Waals surface area (Å²) in [6, 6.07) is 4.83. The van der Waals surface area contributed by atoms with Crippen LogP contribution in [-0.4, -0.2) is 50.8 Å². The number of benzene rings is 2. The Kier molecular flexibility index (Phi) is 5.07. The number of carboxylic acid groups (broad SMARTS) is 2. The Morgan fingerprint density at radius 2 is 1.32 bits per heavy atom. The highest BCUT2D eigenvalue weighted by molar-refractivity contribution is 7.90. The zero-order valence-electron chi connectivity index (χ0n) is 15.4. The first-order valence-corrected chi connectivity index (χ1v) is 11.1. The lowest BCUT2D eigenvalue weighted by Crippen LogP contribution is -2.31. The molecule has 162 valence electrons. The molecule has 0 atom stereocenters. The molecule has 4 N–H and O–H groups in total. The quantitative estimate of drug-likeness (QED) is 0.422. The van der Waals surface area contributed by atoms with Crippen molar-refractivity contribution in [1.82, 2.24) is 9.44 Å². The summed E-state index contributed by atoms with van der Waals surface area (Å²) < 4.78 is 51.3. The maximum Gasteiger partial charge on any atom is 0.418 e. The van der Waals surface area contributed by atoms with E-state index in [1.54, 1.807) is 0 Å². The van der Waals surface area contributed by atoms with E-state index in [-0.39, 0.29) is 27.8 Å². The van der Waals surface area contributed by atoms with E-state index in [2.05, 4.69) is 0 Å². The number of hydrogen-bond donors (Lipinski definition) is 4. The highest BCUT2D eigenvalue weighted by Crippen LogP contribution is 2.33. The van der Waals surface area contributed by atoms with E-state index in [0.29, 0.717) is 0 Å². The maximum absolute atomic E-state index is 13.1. The summed E-state index contributed by atoms with van der Waals surface area (Å²) in [5, 5.41) is 17.4. The first kappa shape index (κ1) is 21.9. The number of sulfonamides is 2. The SMILES string of the molecule is Cc1c(S(=O)(=O)NC(=O)O)ccc2c1C(=O)c1cc(S(=O)(=O)NC(=O)O)ccc1C2=O. The third-order valence-electron chi connectivity index (χ3n) is 4.41. The van der Waals surface area contributed by atoms with Crippen molar-refractivity contribution in [3.05, 3.63) is 58.1 Å². The van der Waals surface area contributed by atoms with Crippen LogP contribution in [0.1, 0.15) is 37.4 Å². The van der Waals surface area contributed by atoms with Crippen molar-refractivity contribution in [1.29, 1.82) is 0 Å². The van der Waals surface area contributed by atoms with E-state index in [1.165, 1.54) is 16.4 Å². The van der Waals surface area contributed by atoms with Crippen molar-refractivity contribution in [3.8, 4) is 0 Å². The number of nitrogens with one attached hydrogen (secondary N) is 2. The summed E-state index contributed by atoms with van der Waals surface area (Å²) >= 11 is 0. The minimum Gasteiger partial charge on any atom is -0.464 e. The van der Waals surface area contributed by atoms with Crippen molar-refractivity contribution in [2.75, 3.05) is 0 Å². The number of fused-ring (bicyclic) bond motifs is 2. The molecule has 2 aromatic carbocycles. The van der Waals surface area contributed by atoms with Crippen LogP contribution in [0.4, 0.5) is 9.59 Å². The van der Waals surface area contributed by atoms with Crippen molar-refractivity contribution < 1.29 is 46.2 Å². The van der Waals surface area contributed by atoms with Crippen LogP contribution in [0.2, 0.25) is 0 Å². The lowest BCUT2D eigenvalue weighted by atomic mass is 9.82. The molecule has 1 aliphatic carbocycles. The van der Waals surface area contributed by atoms with Gasteiger partial charge in [-0.1, -0.05) is 0 Å². The Morgan fingerprint density at radius 1 is 0.774 bits per heavy atom.